The van der Waals surface area contributed by atoms with Crippen LogP contribution in [0.15, 0.2) is 36.4 Å². The van der Waals surface area contributed by atoms with E-state index < -0.39 is 0 Å². The van der Waals surface area contributed by atoms with Crippen molar-refractivity contribution in [1.29, 1.82) is 0 Å². The lowest BCUT2D eigenvalue weighted by atomic mass is 10.1. The third-order valence-corrected chi connectivity index (χ3v) is 2.80. The number of aromatic nitrogens is 2. The highest BCUT2D eigenvalue weighted by Gasteiger charge is 2.02. The summed E-state index contributed by atoms with van der Waals surface area (Å²) in [7, 11) is 0. The van der Waals surface area contributed by atoms with Crippen molar-refractivity contribution in [3.63, 3.8) is 0 Å². The van der Waals surface area contributed by atoms with Gasteiger partial charge in [-0.25, -0.2) is 0 Å². The van der Waals surface area contributed by atoms with Crippen molar-refractivity contribution in [2.75, 3.05) is 5.88 Å². The number of nitrogens with one attached hydrogen (secondary N) is 1. The number of aryl methyl sites for hydroxylation is 1. The van der Waals surface area contributed by atoms with Crippen LogP contribution in [0.4, 0.5) is 0 Å². The number of hydrogen-bond donors (Lipinski definition) is 1. The van der Waals surface area contributed by atoms with Gasteiger partial charge in [0, 0.05) is 17.1 Å². The summed E-state index contributed by atoms with van der Waals surface area (Å²) in [5, 5.41) is 7.38. The third kappa shape index (κ3) is 2.86. The molecular weight excluding hydrogens is 220 g/mol. The molecule has 0 saturated carbocycles. The molecule has 1 aromatic carbocycles. The zero-order valence-electron chi connectivity index (χ0n) is 9.12. The van der Waals surface area contributed by atoms with E-state index in [9.17, 15) is 0 Å². The molecule has 3 heteroatoms. The number of nitrogens with zero attached hydrogens (tertiary/aromatic N) is 1. The molecule has 0 aliphatic heterocycles. The van der Waals surface area contributed by atoms with Crippen LogP contribution in [0.5, 0.6) is 0 Å². The molecule has 0 saturated heterocycles. The highest BCUT2D eigenvalue weighted by molar-refractivity contribution is 6.17. The molecule has 1 N–H and O–H groups in total. The first-order chi connectivity index (χ1) is 7.90. The highest BCUT2D eigenvalue weighted by Crippen LogP contribution is 2.17. The van der Waals surface area contributed by atoms with Gasteiger partial charge in [-0.15, -0.1) is 11.6 Å². The van der Waals surface area contributed by atoms with Gasteiger partial charge >= 0.3 is 0 Å². The maximum Gasteiger partial charge on any atom is 0.0923 e. The van der Waals surface area contributed by atoms with Crippen molar-refractivity contribution in [2.45, 2.75) is 19.3 Å². The van der Waals surface area contributed by atoms with Gasteiger partial charge in [-0.1, -0.05) is 30.3 Å². The van der Waals surface area contributed by atoms with Crippen LogP contribution in [0.1, 0.15) is 18.5 Å². The van der Waals surface area contributed by atoms with E-state index in [0.29, 0.717) is 0 Å². The Hall–Kier alpha value is -1.28. The zero-order chi connectivity index (χ0) is 11.2. The largest absolute Gasteiger partial charge is 0.282 e. The van der Waals surface area contributed by atoms with E-state index in [2.05, 4.69) is 28.4 Å². The van der Waals surface area contributed by atoms with Crippen molar-refractivity contribution in [3.8, 4) is 11.3 Å². The van der Waals surface area contributed by atoms with Gasteiger partial charge in [-0.05, 0) is 25.3 Å². The number of halogens is 1. The van der Waals surface area contributed by atoms with Crippen molar-refractivity contribution in [1.82, 2.24) is 10.2 Å². The first-order valence-electron chi connectivity index (χ1n) is 5.56. The fourth-order valence-corrected chi connectivity index (χ4v) is 1.85. The molecule has 1 aromatic heterocycles. The minimum atomic E-state index is 0.736. The second-order valence-corrected chi connectivity index (χ2v) is 4.17. The first kappa shape index (κ1) is 11.2. The molecule has 0 bridgehead atoms. The Kier molecular flexibility index (Phi) is 4.00. The van der Waals surface area contributed by atoms with Gasteiger partial charge in [-0.2, -0.15) is 5.10 Å². The summed E-state index contributed by atoms with van der Waals surface area (Å²) in [5.74, 6) is 0.736. The molecule has 2 aromatic rings. The van der Waals surface area contributed by atoms with E-state index >= 15 is 0 Å². The molecular formula is C13H15ClN2. The van der Waals surface area contributed by atoms with E-state index in [0.717, 1.165) is 36.4 Å². The molecule has 84 valence electrons. The van der Waals surface area contributed by atoms with E-state index in [1.807, 2.05) is 18.2 Å². The summed E-state index contributed by atoms with van der Waals surface area (Å²) in [4.78, 5) is 0. The van der Waals surface area contributed by atoms with Crippen molar-refractivity contribution in [3.05, 3.63) is 42.1 Å². The predicted molar refractivity (Wildman–Crippen MR) is 67.7 cm³/mol. The van der Waals surface area contributed by atoms with E-state index in [-0.39, 0.29) is 0 Å². The highest BCUT2D eigenvalue weighted by atomic mass is 35.5. The SMILES string of the molecule is ClCCCCc1cc(-c2ccccc2)n[nH]1. The Morgan fingerprint density at radius 2 is 1.94 bits per heavy atom. The van der Waals surface area contributed by atoms with Crippen LogP contribution in [-0.2, 0) is 6.42 Å². The minimum Gasteiger partial charge on any atom is -0.282 e. The molecule has 0 amide bonds. The Balaban J connectivity index is 2.02. The number of benzene rings is 1. The Morgan fingerprint density at radius 1 is 1.12 bits per heavy atom. The minimum absolute atomic E-state index is 0.736. The number of hydrogen-bond acceptors (Lipinski definition) is 1. The molecule has 0 spiro atoms. The Morgan fingerprint density at radius 3 is 2.69 bits per heavy atom. The lowest BCUT2D eigenvalue weighted by molar-refractivity contribution is 0.776. The van der Waals surface area contributed by atoms with Crippen molar-refractivity contribution in [2.24, 2.45) is 0 Å². The average molecular weight is 235 g/mol. The van der Waals surface area contributed by atoms with Crippen LogP contribution in [0.3, 0.4) is 0 Å². The summed E-state index contributed by atoms with van der Waals surface area (Å²) < 4.78 is 0. The van der Waals surface area contributed by atoms with Gasteiger partial charge in [0.2, 0.25) is 0 Å². The van der Waals surface area contributed by atoms with Crippen LogP contribution in [0, 0.1) is 0 Å². The van der Waals surface area contributed by atoms with E-state index in [1.165, 1.54) is 5.69 Å². The zero-order valence-corrected chi connectivity index (χ0v) is 9.87. The van der Waals surface area contributed by atoms with Crippen molar-refractivity contribution >= 4 is 11.6 Å². The molecule has 2 nitrogen and oxygen atoms in total. The standard InChI is InChI=1S/C13H15ClN2/c14-9-5-4-8-12-10-13(16-15-12)11-6-2-1-3-7-11/h1-3,6-7,10H,4-5,8-9H2,(H,15,16). The molecule has 0 radical (unpaired) electrons. The fraction of sp³-hybridized carbons (Fsp3) is 0.308. The smallest absolute Gasteiger partial charge is 0.0923 e. The molecule has 0 aliphatic carbocycles. The second kappa shape index (κ2) is 5.71. The van der Waals surface area contributed by atoms with Crippen LogP contribution in [0.25, 0.3) is 11.3 Å². The molecule has 0 unspecified atom stereocenters. The second-order valence-electron chi connectivity index (χ2n) is 3.79. The fourth-order valence-electron chi connectivity index (χ4n) is 1.66. The van der Waals surface area contributed by atoms with Crippen LogP contribution < -0.4 is 0 Å². The van der Waals surface area contributed by atoms with Crippen LogP contribution in [0.2, 0.25) is 0 Å². The summed E-state index contributed by atoms with van der Waals surface area (Å²) >= 11 is 5.64. The van der Waals surface area contributed by atoms with Gasteiger partial charge in [0.1, 0.15) is 0 Å². The lowest BCUT2D eigenvalue weighted by Crippen LogP contribution is -1.85. The summed E-state index contributed by atoms with van der Waals surface area (Å²) in [6.45, 7) is 0. The number of unbranched alkanes of at least 4 members (excludes halogenated alkanes) is 1. The maximum absolute atomic E-state index is 5.64. The number of aromatic amines is 1. The predicted octanol–water partition coefficient (Wildman–Crippen LogP) is 3.64. The van der Waals surface area contributed by atoms with Crippen LogP contribution in [-0.4, -0.2) is 16.1 Å². The molecule has 0 atom stereocenters. The number of alkyl halides is 1. The Bertz CT molecular complexity index is 423. The quantitative estimate of drug-likeness (QED) is 0.621. The Labute approximate surface area is 101 Å². The lowest BCUT2D eigenvalue weighted by Gasteiger charge is -1.94. The molecule has 16 heavy (non-hydrogen) atoms. The summed E-state index contributed by atoms with van der Waals surface area (Å²) in [5.41, 5.74) is 3.35. The van der Waals surface area contributed by atoms with Gasteiger partial charge in [0.25, 0.3) is 0 Å². The normalized spacial score (nSPS) is 10.6. The monoisotopic (exact) mass is 234 g/mol. The molecule has 2 rings (SSSR count). The summed E-state index contributed by atoms with van der Waals surface area (Å²) in [6, 6.07) is 12.3. The van der Waals surface area contributed by atoms with Crippen LogP contribution >= 0.6 is 11.6 Å². The number of rotatable bonds is 5. The molecule has 1 heterocycles. The summed E-state index contributed by atoms with van der Waals surface area (Å²) in [6.07, 6.45) is 3.19. The van der Waals surface area contributed by atoms with Gasteiger partial charge < -0.3 is 0 Å². The van der Waals surface area contributed by atoms with E-state index in [4.69, 9.17) is 11.6 Å². The van der Waals surface area contributed by atoms with E-state index in [1.54, 1.807) is 0 Å². The van der Waals surface area contributed by atoms with Gasteiger partial charge in [0.15, 0.2) is 0 Å². The topological polar surface area (TPSA) is 28.7 Å². The number of H-pyrrole nitrogens is 1. The van der Waals surface area contributed by atoms with Crippen molar-refractivity contribution < 1.29 is 0 Å². The molecule has 0 aliphatic rings. The average Bonchev–Trinajstić information content (AvgIpc) is 2.79. The maximum atomic E-state index is 5.64. The first-order valence-corrected chi connectivity index (χ1v) is 6.09. The van der Waals surface area contributed by atoms with Gasteiger partial charge in [-0.3, -0.25) is 5.10 Å². The molecule has 0 fully saturated rings. The third-order valence-electron chi connectivity index (χ3n) is 2.53. The van der Waals surface area contributed by atoms with Gasteiger partial charge in [0.05, 0.1) is 5.69 Å².